The first-order valence-electron chi connectivity index (χ1n) is 27.2. The van der Waals surface area contributed by atoms with Crippen LogP contribution in [0.5, 0.6) is 0 Å². The van der Waals surface area contributed by atoms with Gasteiger partial charge in [-0.2, -0.15) is 0 Å². The molecule has 80 heavy (non-hydrogen) atoms. The fourth-order valence-electron chi connectivity index (χ4n) is 10.2. The first-order chi connectivity index (χ1) is 37.9. The zero-order valence-corrected chi connectivity index (χ0v) is 47.3. The highest BCUT2D eigenvalue weighted by Gasteiger charge is 2.40. The zero-order valence-electron chi connectivity index (χ0n) is 45.7. The van der Waals surface area contributed by atoms with Crippen molar-refractivity contribution in [2.45, 2.75) is 126 Å². The Labute approximate surface area is 480 Å². The SMILES string of the molecule is CN[C@@H](C)C(=O)N[C@@H](CCCCCC[C@H](NC(=O)[C@H](C)NC)C(=O)N1CCC[C@H]1c1ncc(C(=O)NC(c2ccccc2)c2ccccc2)o1)C(=O)N1CCC[C@H]1c1ncc(C(=O)NC(c2ccccc2)c2ccccc2)o1.Cl.Cl. The summed E-state index contributed by atoms with van der Waals surface area (Å²) in [6.07, 6.45) is 8.53. The number of unbranched alkanes of at least 4 members (excludes halogenated alkanes) is 3. The summed E-state index contributed by atoms with van der Waals surface area (Å²) in [6.45, 7) is 4.30. The van der Waals surface area contributed by atoms with Gasteiger partial charge in [0, 0.05) is 13.1 Å². The minimum absolute atomic E-state index is 0. The Bertz CT molecular complexity index is 2660. The second-order valence-corrected chi connectivity index (χ2v) is 20.1. The third-order valence-corrected chi connectivity index (χ3v) is 14.8. The van der Waals surface area contributed by atoms with Gasteiger partial charge < -0.3 is 50.5 Å². The lowest BCUT2D eigenvalue weighted by Gasteiger charge is -2.29. The van der Waals surface area contributed by atoms with Crippen LogP contribution in [0, 0.1) is 0 Å². The van der Waals surface area contributed by atoms with E-state index in [1.54, 1.807) is 37.7 Å². The van der Waals surface area contributed by atoms with Crippen LogP contribution in [0.25, 0.3) is 0 Å². The predicted molar refractivity (Wildman–Crippen MR) is 308 cm³/mol. The highest BCUT2D eigenvalue weighted by atomic mass is 35.5. The number of halogens is 2. The van der Waals surface area contributed by atoms with Crippen LogP contribution in [0.4, 0.5) is 0 Å². The van der Waals surface area contributed by atoms with E-state index < -0.39 is 60.1 Å². The number of nitrogens with zero attached hydrogens (tertiary/aromatic N) is 4. The standard InChI is InChI=1S/C60H72N10O8.2ClH/c1-39(61-3)53(71)65-45(59(75)69-35-21-33-47(69)57-63-37-49(77-57)55(73)67-51(41-23-11-7-12-24-41)42-25-13-8-14-26-42)31-19-5-6-20-32-46(66-54(72)40(2)62-4)60(76)70-36-22-34-48(70)58-64-38-50(78-58)56(74)68-52(43-27-15-9-16-28-43)44-29-17-10-18-30-44;;/h7-18,23-30,37-40,45-48,51-52,61-62H,5-6,19-22,31-36H2,1-4H3,(H,65,71)(H,66,72)(H,67,73)(H,68,74);2*1H/t39-,40-,45-,46-,47-,48-;;/m0../s1. The van der Waals surface area contributed by atoms with Crippen molar-refractivity contribution < 1.29 is 37.6 Å². The maximum atomic E-state index is 14.5. The van der Waals surface area contributed by atoms with Gasteiger partial charge in [-0.05, 0) is 88.7 Å². The minimum Gasteiger partial charge on any atom is -0.433 e. The van der Waals surface area contributed by atoms with E-state index in [9.17, 15) is 28.8 Å². The Kier molecular flexibility index (Phi) is 23.4. The molecule has 6 aromatic rings. The largest absolute Gasteiger partial charge is 0.433 e. The average molecular weight is 1130 g/mol. The molecule has 8 rings (SSSR count). The monoisotopic (exact) mass is 1130 g/mol. The molecular weight excluding hydrogens is 1060 g/mol. The Morgan fingerprint density at radius 2 is 0.825 bits per heavy atom. The number of oxazole rings is 2. The van der Waals surface area contributed by atoms with Crippen molar-refractivity contribution in [3.8, 4) is 0 Å². The van der Waals surface area contributed by atoms with Gasteiger partial charge in [-0.3, -0.25) is 28.8 Å². The molecule has 0 bridgehead atoms. The van der Waals surface area contributed by atoms with E-state index in [1.165, 1.54) is 12.4 Å². The number of carbonyl (C=O) groups excluding carboxylic acids is 6. The molecule has 2 aromatic heterocycles. The molecule has 6 amide bonds. The molecule has 6 N–H and O–H groups in total. The van der Waals surface area contributed by atoms with Gasteiger partial charge in [0.05, 0.1) is 36.6 Å². The minimum atomic E-state index is -0.844. The number of benzene rings is 4. The molecule has 18 nitrogen and oxygen atoms in total. The number of amides is 6. The van der Waals surface area contributed by atoms with Crippen molar-refractivity contribution >= 4 is 60.3 Å². The molecule has 6 atom stereocenters. The highest BCUT2D eigenvalue weighted by Crippen LogP contribution is 2.35. The molecule has 2 aliphatic rings. The summed E-state index contributed by atoms with van der Waals surface area (Å²) >= 11 is 0. The Balaban J connectivity index is 0.00000516. The number of nitrogens with one attached hydrogen (secondary N) is 6. The van der Waals surface area contributed by atoms with E-state index in [-0.39, 0.29) is 71.7 Å². The van der Waals surface area contributed by atoms with E-state index in [0.717, 1.165) is 22.3 Å². The quantitative estimate of drug-likeness (QED) is 0.0299. The van der Waals surface area contributed by atoms with Crippen molar-refractivity contribution in [2.24, 2.45) is 0 Å². The van der Waals surface area contributed by atoms with Gasteiger partial charge in [0.15, 0.2) is 0 Å². The lowest BCUT2D eigenvalue weighted by molar-refractivity contribution is -0.138. The first-order valence-corrected chi connectivity index (χ1v) is 27.2. The zero-order chi connectivity index (χ0) is 55.0. The van der Waals surface area contributed by atoms with Crippen LogP contribution in [0.15, 0.2) is 143 Å². The van der Waals surface area contributed by atoms with Gasteiger partial charge in [-0.1, -0.05) is 147 Å². The topological polar surface area (TPSA) is 233 Å². The van der Waals surface area contributed by atoms with E-state index in [4.69, 9.17) is 8.83 Å². The lowest BCUT2D eigenvalue weighted by Crippen LogP contribution is -2.52. The average Bonchev–Trinajstić information content (AvgIpc) is 4.35. The summed E-state index contributed by atoms with van der Waals surface area (Å²) < 4.78 is 12.2. The van der Waals surface area contributed by atoms with E-state index in [1.807, 2.05) is 121 Å². The van der Waals surface area contributed by atoms with Gasteiger partial charge in [0.2, 0.25) is 46.9 Å². The van der Waals surface area contributed by atoms with Gasteiger partial charge in [0.1, 0.15) is 24.2 Å². The molecule has 426 valence electrons. The number of likely N-dealkylation sites (tertiary alicyclic amines) is 2. The van der Waals surface area contributed by atoms with Gasteiger partial charge in [-0.15, -0.1) is 24.8 Å². The third kappa shape index (κ3) is 15.7. The Hall–Kier alpha value is -7.38. The third-order valence-electron chi connectivity index (χ3n) is 14.8. The summed E-state index contributed by atoms with van der Waals surface area (Å²) in [4.78, 5) is 95.5. The van der Waals surface area contributed by atoms with Crippen LogP contribution in [-0.4, -0.2) is 107 Å². The van der Waals surface area contributed by atoms with Gasteiger partial charge in [-0.25, -0.2) is 9.97 Å². The molecule has 4 aromatic carbocycles. The van der Waals surface area contributed by atoms with Crippen molar-refractivity contribution in [1.29, 1.82) is 0 Å². The second kappa shape index (κ2) is 30.3. The van der Waals surface area contributed by atoms with Crippen LogP contribution >= 0.6 is 24.8 Å². The molecular formula is C60H74Cl2N10O8. The van der Waals surface area contributed by atoms with Crippen LogP contribution < -0.4 is 31.9 Å². The molecule has 2 fully saturated rings. The Morgan fingerprint density at radius 3 is 1.14 bits per heavy atom. The summed E-state index contributed by atoms with van der Waals surface area (Å²) in [5.41, 5.74) is 3.61. The number of carbonyl (C=O) groups is 6. The smallest absolute Gasteiger partial charge is 0.289 e. The predicted octanol–water partition coefficient (Wildman–Crippen LogP) is 8.10. The maximum absolute atomic E-state index is 14.5. The van der Waals surface area contributed by atoms with Crippen LogP contribution in [0.1, 0.15) is 157 Å². The van der Waals surface area contributed by atoms with Crippen molar-refractivity contribution in [3.05, 3.63) is 179 Å². The van der Waals surface area contributed by atoms with Gasteiger partial charge in [0.25, 0.3) is 11.8 Å². The number of hydrogen-bond acceptors (Lipinski definition) is 12. The normalized spacial score (nSPS) is 16.4. The first kappa shape index (κ1) is 61.8. The number of aromatic nitrogens is 2. The van der Waals surface area contributed by atoms with E-state index in [2.05, 4.69) is 41.9 Å². The fourth-order valence-corrected chi connectivity index (χ4v) is 10.2. The fraction of sp³-hybridized carbons (Fsp3) is 0.400. The Morgan fingerprint density at radius 1 is 0.500 bits per heavy atom. The van der Waals surface area contributed by atoms with Crippen LogP contribution in [0.2, 0.25) is 0 Å². The highest BCUT2D eigenvalue weighted by molar-refractivity contribution is 5.93. The summed E-state index contributed by atoms with van der Waals surface area (Å²) in [5, 5.41) is 18.1. The number of rotatable bonds is 25. The summed E-state index contributed by atoms with van der Waals surface area (Å²) in [5.74, 6) is -1.50. The second-order valence-electron chi connectivity index (χ2n) is 20.1. The van der Waals surface area contributed by atoms with Gasteiger partial charge >= 0.3 is 0 Å². The lowest BCUT2D eigenvalue weighted by atomic mass is 9.98. The summed E-state index contributed by atoms with van der Waals surface area (Å²) in [7, 11) is 3.36. The molecule has 0 spiro atoms. The van der Waals surface area contributed by atoms with Crippen molar-refractivity contribution in [1.82, 2.24) is 51.7 Å². The molecule has 0 saturated carbocycles. The molecule has 4 heterocycles. The molecule has 0 radical (unpaired) electrons. The van der Waals surface area contributed by atoms with E-state index in [0.29, 0.717) is 77.3 Å². The summed E-state index contributed by atoms with van der Waals surface area (Å²) in [6, 6.07) is 33.9. The molecule has 2 aliphatic heterocycles. The van der Waals surface area contributed by atoms with Crippen molar-refractivity contribution in [3.63, 3.8) is 0 Å². The molecule has 20 heteroatoms. The van der Waals surface area contributed by atoms with Crippen LogP contribution in [0.3, 0.4) is 0 Å². The van der Waals surface area contributed by atoms with E-state index >= 15 is 0 Å². The molecule has 0 unspecified atom stereocenters. The number of hydrogen-bond donors (Lipinski definition) is 6. The maximum Gasteiger partial charge on any atom is 0.289 e. The molecule has 2 saturated heterocycles. The van der Waals surface area contributed by atoms with Crippen LogP contribution in [-0.2, 0) is 19.2 Å². The van der Waals surface area contributed by atoms with Crippen molar-refractivity contribution in [2.75, 3.05) is 27.2 Å². The molecule has 0 aliphatic carbocycles. The number of likely N-dealkylation sites (N-methyl/N-ethyl adjacent to an activating group) is 2.